The Labute approximate surface area is 195 Å². The summed E-state index contributed by atoms with van der Waals surface area (Å²) in [4.78, 5) is 12.1. The summed E-state index contributed by atoms with van der Waals surface area (Å²) in [5.41, 5.74) is 4.33. The Morgan fingerprint density at radius 2 is 2.00 bits per heavy atom. The number of piperidine rings is 1. The van der Waals surface area contributed by atoms with Gasteiger partial charge in [0.25, 0.3) is 0 Å². The van der Waals surface area contributed by atoms with Crippen molar-refractivity contribution < 1.29 is 4.74 Å². The van der Waals surface area contributed by atoms with Crippen LogP contribution in [0.3, 0.4) is 0 Å². The zero-order valence-electron chi connectivity index (χ0n) is 18.3. The van der Waals surface area contributed by atoms with Crippen molar-refractivity contribution in [3.8, 4) is 5.75 Å². The largest absolute Gasteiger partial charge is 0.497 e. The van der Waals surface area contributed by atoms with Crippen molar-refractivity contribution >= 4 is 49.9 Å². The number of rotatable bonds is 5. The lowest BCUT2D eigenvalue weighted by atomic mass is 9.89. The van der Waals surface area contributed by atoms with Crippen LogP contribution in [0.15, 0.2) is 60.1 Å². The van der Waals surface area contributed by atoms with E-state index in [-0.39, 0.29) is 0 Å². The molecular weight excluding hydrogens is 432 g/mol. The first kappa shape index (κ1) is 20.0. The number of hydrogen-bond acceptors (Lipinski definition) is 7. The summed E-state index contributed by atoms with van der Waals surface area (Å²) >= 11 is 1.66. The molecule has 0 unspecified atom stereocenters. The lowest BCUT2D eigenvalue weighted by molar-refractivity contribution is 0.412. The predicted octanol–water partition coefficient (Wildman–Crippen LogP) is 5.70. The number of fused-ring (bicyclic) bond motifs is 2. The van der Waals surface area contributed by atoms with Crippen molar-refractivity contribution in [2.24, 2.45) is 0 Å². The van der Waals surface area contributed by atoms with Gasteiger partial charge in [0.2, 0.25) is 5.95 Å². The Morgan fingerprint density at radius 1 is 1.09 bits per heavy atom. The Bertz CT molecular complexity index is 1420. The van der Waals surface area contributed by atoms with Crippen molar-refractivity contribution in [2.45, 2.75) is 18.8 Å². The highest BCUT2D eigenvalue weighted by molar-refractivity contribution is 7.17. The Kier molecular flexibility index (Phi) is 5.07. The molecule has 0 bridgehead atoms. The van der Waals surface area contributed by atoms with Crippen LogP contribution in [-0.2, 0) is 0 Å². The van der Waals surface area contributed by atoms with E-state index in [2.05, 4.69) is 56.1 Å². The molecule has 0 radical (unpaired) electrons. The highest BCUT2D eigenvalue weighted by atomic mass is 32.1. The zero-order valence-corrected chi connectivity index (χ0v) is 19.1. The van der Waals surface area contributed by atoms with Crippen LogP contribution < -0.4 is 15.0 Å². The van der Waals surface area contributed by atoms with E-state index in [1.807, 2.05) is 24.4 Å². The van der Waals surface area contributed by atoms with Crippen LogP contribution in [0.1, 0.15) is 24.3 Å². The number of H-pyrrole nitrogens is 1. The van der Waals surface area contributed by atoms with Crippen molar-refractivity contribution in [2.75, 3.05) is 30.4 Å². The number of thiophene rings is 1. The number of anilines is 3. The van der Waals surface area contributed by atoms with Crippen molar-refractivity contribution in [1.29, 1.82) is 0 Å². The number of ether oxygens (including phenoxy) is 1. The monoisotopic (exact) mass is 456 g/mol. The van der Waals surface area contributed by atoms with Crippen LogP contribution in [0.2, 0.25) is 0 Å². The molecule has 0 aliphatic carbocycles. The molecule has 3 aromatic heterocycles. The molecule has 0 spiro atoms. The fourth-order valence-corrected chi connectivity index (χ4v) is 5.32. The standard InChI is InChI=1S/C25H24N6OS/c1-32-20-4-2-3-17(14-20)16-7-10-31(11-8-16)25-28-22-9-12-33-23(22)24(29-25)27-19-5-6-21-18(13-19)15-26-30-21/h2-6,9,12-16H,7-8,10-11H2,1H3,(H,26,30)(H,27,28,29). The van der Waals surface area contributed by atoms with E-state index < -0.39 is 0 Å². The maximum Gasteiger partial charge on any atom is 0.227 e. The van der Waals surface area contributed by atoms with Crippen LogP contribution in [0, 0.1) is 0 Å². The fraction of sp³-hybridized carbons (Fsp3) is 0.240. The maximum absolute atomic E-state index is 5.41. The highest BCUT2D eigenvalue weighted by Crippen LogP contribution is 2.34. The van der Waals surface area contributed by atoms with Gasteiger partial charge in [-0.25, -0.2) is 4.98 Å². The second-order valence-electron chi connectivity index (χ2n) is 8.34. The number of nitrogens with one attached hydrogen (secondary N) is 2. The van der Waals surface area contributed by atoms with E-state index in [0.29, 0.717) is 5.92 Å². The molecule has 33 heavy (non-hydrogen) atoms. The zero-order chi connectivity index (χ0) is 22.2. The van der Waals surface area contributed by atoms with Gasteiger partial charge in [0.15, 0.2) is 5.82 Å². The van der Waals surface area contributed by atoms with Gasteiger partial charge >= 0.3 is 0 Å². The summed E-state index contributed by atoms with van der Waals surface area (Å²) < 4.78 is 6.48. The van der Waals surface area contributed by atoms with Crippen molar-refractivity contribution in [3.63, 3.8) is 0 Å². The minimum atomic E-state index is 0.528. The number of aromatic amines is 1. The first-order chi connectivity index (χ1) is 16.3. The molecule has 1 aliphatic heterocycles. The molecule has 7 nitrogen and oxygen atoms in total. The van der Waals surface area contributed by atoms with E-state index in [4.69, 9.17) is 14.7 Å². The molecule has 5 aromatic rings. The first-order valence-electron chi connectivity index (χ1n) is 11.1. The molecule has 166 valence electrons. The summed E-state index contributed by atoms with van der Waals surface area (Å²) in [5, 5.41) is 13.8. The second kappa shape index (κ2) is 8.37. The fourth-order valence-electron chi connectivity index (χ4n) is 4.54. The summed E-state index contributed by atoms with van der Waals surface area (Å²) in [5.74, 6) is 3.09. The summed E-state index contributed by atoms with van der Waals surface area (Å²) in [6.45, 7) is 1.86. The molecule has 0 amide bonds. The number of nitrogens with zero attached hydrogens (tertiary/aromatic N) is 4. The van der Waals surface area contributed by atoms with Gasteiger partial charge in [-0.3, -0.25) is 5.10 Å². The SMILES string of the molecule is COc1cccc(C2CCN(c3nc(Nc4ccc5[nH]ncc5c4)c4sccc4n3)CC2)c1. The minimum absolute atomic E-state index is 0.528. The Balaban J connectivity index is 1.25. The van der Waals surface area contributed by atoms with E-state index >= 15 is 0 Å². The number of hydrogen-bond donors (Lipinski definition) is 2. The number of aromatic nitrogens is 4. The smallest absolute Gasteiger partial charge is 0.227 e. The molecule has 0 atom stereocenters. The van der Waals surface area contributed by atoms with Gasteiger partial charge in [-0.2, -0.15) is 10.1 Å². The highest BCUT2D eigenvalue weighted by Gasteiger charge is 2.24. The molecule has 8 heteroatoms. The lowest BCUT2D eigenvalue weighted by Gasteiger charge is -2.32. The van der Waals surface area contributed by atoms with Crippen LogP contribution in [-0.4, -0.2) is 40.4 Å². The molecular formula is C25H24N6OS. The molecule has 1 aliphatic rings. The lowest BCUT2D eigenvalue weighted by Crippen LogP contribution is -2.34. The third-order valence-corrected chi connectivity index (χ3v) is 7.25. The molecule has 2 N–H and O–H groups in total. The minimum Gasteiger partial charge on any atom is -0.497 e. The second-order valence-corrected chi connectivity index (χ2v) is 9.26. The van der Waals surface area contributed by atoms with Gasteiger partial charge in [0, 0.05) is 24.2 Å². The summed E-state index contributed by atoms with van der Waals surface area (Å²) in [6, 6.07) is 16.7. The van der Waals surface area contributed by atoms with Gasteiger partial charge in [-0.1, -0.05) is 12.1 Å². The third-order valence-electron chi connectivity index (χ3n) is 6.34. The number of benzene rings is 2. The average molecular weight is 457 g/mol. The molecule has 0 saturated carbocycles. The predicted molar refractivity (Wildman–Crippen MR) is 134 cm³/mol. The van der Waals surface area contributed by atoms with Crippen LogP contribution in [0.5, 0.6) is 5.75 Å². The van der Waals surface area contributed by atoms with E-state index in [0.717, 1.165) is 70.3 Å². The Hall–Kier alpha value is -3.65. The molecule has 4 heterocycles. The quantitative estimate of drug-likeness (QED) is 0.353. The van der Waals surface area contributed by atoms with Crippen LogP contribution in [0.4, 0.5) is 17.5 Å². The van der Waals surface area contributed by atoms with Crippen LogP contribution in [0.25, 0.3) is 21.1 Å². The number of methoxy groups -OCH3 is 1. The van der Waals surface area contributed by atoms with Gasteiger partial charge in [-0.05, 0) is 66.1 Å². The van der Waals surface area contributed by atoms with Gasteiger partial charge < -0.3 is 15.0 Å². The molecule has 1 fully saturated rings. The molecule has 1 saturated heterocycles. The topological polar surface area (TPSA) is 79.0 Å². The molecule has 6 rings (SSSR count). The first-order valence-corrected chi connectivity index (χ1v) is 12.0. The Morgan fingerprint density at radius 3 is 2.88 bits per heavy atom. The van der Waals surface area contributed by atoms with Crippen LogP contribution >= 0.6 is 11.3 Å². The van der Waals surface area contributed by atoms with Crippen molar-refractivity contribution in [3.05, 3.63) is 65.7 Å². The molecule has 2 aromatic carbocycles. The normalized spacial score (nSPS) is 14.8. The van der Waals surface area contributed by atoms with E-state index in [1.165, 1.54) is 5.56 Å². The van der Waals surface area contributed by atoms with Gasteiger partial charge in [0.1, 0.15) is 5.75 Å². The summed E-state index contributed by atoms with van der Waals surface area (Å²) in [6.07, 6.45) is 3.97. The van der Waals surface area contributed by atoms with Gasteiger partial charge in [-0.15, -0.1) is 11.3 Å². The summed E-state index contributed by atoms with van der Waals surface area (Å²) in [7, 11) is 1.72. The van der Waals surface area contributed by atoms with E-state index in [1.54, 1.807) is 18.4 Å². The van der Waals surface area contributed by atoms with Crippen molar-refractivity contribution in [1.82, 2.24) is 20.2 Å². The third kappa shape index (κ3) is 3.87. The maximum atomic E-state index is 5.41. The van der Waals surface area contributed by atoms with E-state index in [9.17, 15) is 0 Å². The van der Waals surface area contributed by atoms with Gasteiger partial charge in [0.05, 0.1) is 29.0 Å². The average Bonchev–Trinajstić information content (AvgIpc) is 3.53.